The number of carbonyl (C=O) groups excluding carboxylic acids is 1. The van der Waals surface area contributed by atoms with Crippen LogP contribution in [0.2, 0.25) is 0 Å². The topological polar surface area (TPSA) is 38.3 Å². The second-order valence-corrected chi connectivity index (χ2v) is 4.59. The van der Waals surface area contributed by atoms with Gasteiger partial charge >= 0.3 is 0 Å². The molecule has 1 atom stereocenters. The van der Waals surface area contributed by atoms with E-state index in [-0.39, 0.29) is 11.3 Å². The molecule has 1 rings (SSSR count). The molecule has 0 aliphatic carbocycles. The van der Waals surface area contributed by atoms with Gasteiger partial charge in [0.05, 0.1) is 17.5 Å². The molecule has 1 aromatic rings. The van der Waals surface area contributed by atoms with Crippen molar-refractivity contribution in [2.24, 2.45) is 0 Å². The number of methoxy groups -OCH3 is 1. The van der Waals surface area contributed by atoms with E-state index in [9.17, 15) is 4.79 Å². The van der Waals surface area contributed by atoms with Crippen molar-refractivity contribution in [3.63, 3.8) is 0 Å². The third kappa shape index (κ3) is 3.81. The van der Waals surface area contributed by atoms with Crippen molar-refractivity contribution in [3.8, 4) is 0 Å². The van der Waals surface area contributed by atoms with Gasteiger partial charge < -0.3 is 10.1 Å². The number of aryl methyl sites for hydroxylation is 1. The minimum absolute atomic E-state index is 0.0736. The predicted octanol–water partition coefficient (Wildman–Crippen LogP) is 2.04. The normalized spacial score (nSPS) is 12.5. The Morgan fingerprint density at radius 1 is 1.67 bits per heavy atom. The maximum atomic E-state index is 11.6. The molecule has 84 valence electrons. The number of amides is 1. The Bertz CT molecular complexity index is 327. The van der Waals surface area contributed by atoms with E-state index in [0.717, 1.165) is 11.1 Å². The molecule has 1 N–H and O–H groups in total. The van der Waals surface area contributed by atoms with E-state index >= 15 is 0 Å². The smallest absolute Gasteiger partial charge is 0.252 e. The summed E-state index contributed by atoms with van der Waals surface area (Å²) in [4.78, 5) is 11.6. The molecular weight excluding hydrogens is 234 g/mol. The summed E-state index contributed by atoms with van der Waals surface area (Å²) in [6.45, 7) is 2.77. The van der Waals surface area contributed by atoms with E-state index in [0.29, 0.717) is 13.2 Å². The quantitative estimate of drug-likeness (QED) is 0.809. The number of nitrogens with one attached hydrogen (secondary N) is 1. The van der Waals surface area contributed by atoms with Gasteiger partial charge in [0, 0.05) is 19.0 Å². The maximum absolute atomic E-state index is 11.6. The van der Waals surface area contributed by atoms with Gasteiger partial charge in [-0.05, 0) is 17.9 Å². The summed E-state index contributed by atoms with van der Waals surface area (Å²) in [6, 6.07) is 0. The highest BCUT2D eigenvalue weighted by molar-refractivity contribution is 7.08. The second kappa shape index (κ2) is 6.10. The molecule has 1 aromatic heterocycles. The lowest BCUT2D eigenvalue weighted by Gasteiger charge is -2.09. The standard InChI is InChI=1S/C10H14ClNO2S/c1-7-5-15-6-9(7)10(13)12-3-8(11)4-14-2/h5-6,8H,3-4H2,1-2H3,(H,12,13). The van der Waals surface area contributed by atoms with Gasteiger partial charge in [-0.15, -0.1) is 11.6 Å². The molecule has 15 heavy (non-hydrogen) atoms. The van der Waals surface area contributed by atoms with Crippen molar-refractivity contribution in [2.45, 2.75) is 12.3 Å². The van der Waals surface area contributed by atoms with E-state index in [4.69, 9.17) is 16.3 Å². The molecule has 0 bridgehead atoms. The maximum Gasteiger partial charge on any atom is 0.252 e. The Balaban J connectivity index is 2.40. The summed E-state index contributed by atoms with van der Waals surface area (Å²) in [7, 11) is 1.58. The molecule has 0 aliphatic heterocycles. The summed E-state index contributed by atoms with van der Waals surface area (Å²) in [5.41, 5.74) is 1.72. The van der Waals surface area contributed by atoms with Gasteiger partial charge in [-0.3, -0.25) is 4.79 Å². The lowest BCUT2D eigenvalue weighted by atomic mass is 10.2. The van der Waals surface area contributed by atoms with Crippen LogP contribution in [0.4, 0.5) is 0 Å². The SMILES string of the molecule is COCC(Cl)CNC(=O)c1cscc1C. The number of hydrogen-bond donors (Lipinski definition) is 1. The molecule has 0 spiro atoms. The van der Waals surface area contributed by atoms with E-state index in [1.807, 2.05) is 17.7 Å². The molecular formula is C10H14ClNO2S. The van der Waals surface area contributed by atoms with Crippen molar-refractivity contribution in [2.75, 3.05) is 20.3 Å². The Morgan fingerprint density at radius 2 is 2.40 bits per heavy atom. The minimum atomic E-state index is -0.183. The Hall–Kier alpha value is -0.580. The fourth-order valence-corrected chi connectivity index (χ4v) is 2.16. The molecule has 1 amide bonds. The monoisotopic (exact) mass is 247 g/mol. The molecule has 3 nitrogen and oxygen atoms in total. The molecule has 0 aromatic carbocycles. The Kier molecular flexibility index (Phi) is 5.08. The number of carbonyl (C=O) groups is 1. The Labute approximate surface area is 98.4 Å². The van der Waals surface area contributed by atoms with Crippen LogP contribution in [0.3, 0.4) is 0 Å². The first kappa shape index (κ1) is 12.5. The van der Waals surface area contributed by atoms with Gasteiger partial charge in [0.2, 0.25) is 0 Å². The van der Waals surface area contributed by atoms with Crippen molar-refractivity contribution in [1.29, 1.82) is 0 Å². The lowest BCUT2D eigenvalue weighted by molar-refractivity contribution is 0.0949. The molecule has 0 fully saturated rings. The highest BCUT2D eigenvalue weighted by Crippen LogP contribution is 2.13. The Morgan fingerprint density at radius 3 is 2.93 bits per heavy atom. The van der Waals surface area contributed by atoms with Crippen molar-refractivity contribution in [3.05, 3.63) is 21.9 Å². The fourth-order valence-electron chi connectivity index (χ4n) is 1.13. The molecule has 0 saturated heterocycles. The number of alkyl halides is 1. The van der Waals surface area contributed by atoms with Crippen LogP contribution in [-0.4, -0.2) is 31.5 Å². The van der Waals surface area contributed by atoms with E-state index in [1.54, 1.807) is 7.11 Å². The van der Waals surface area contributed by atoms with E-state index in [1.165, 1.54) is 11.3 Å². The van der Waals surface area contributed by atoms with Gasteiger partial charge in [-0.25, -0.2) is 0 Å². The molecule has 0 aliphatic rings. The average molecular weight is 248 g/mol. The first-order valence-corrected chi connectivity index (χ1v) is 5.97. The number of rotatable bonds is 5. The van der Waals surface area contributed by atoms with E-state index in [2.05, 4.69) is 5.32 Å². The van der Waals surface area contributed by atoms with Gasteiger partial charge in [0.1, 0.15) is 0 Å². The third-order valence-electron chi connectivity index (χ3n) is 1.93. The molecule has 0 saturated carbocycles. The van der Waals surface area contributed by atoms with Crippen LogP contribution < -0.4 is 5.32 Å². The van der Waals surface area contributed by atoms with Crippen LogP contribution in [0.1, 0.15) is 15.9 Å². The average Bonchev–Trinajstić information content (AvgIpc) is 2.61. The van der Waals surface area contributed by atoms with Crippen LogP contribution >= 0.6 is 22.9 Å². The highest BCUT2D eigenvalue weighted by atomic mass is 35.5. The third-order valence-corrected chi connectivity index (χ3v) is 3.07. The first-order chi connectivity index (χ1) is 7.15. The molecule has 1 heterocycles. The molecule has 5 heteroatoms. The van der Waals surface area contributed by atoms with Gasteiger partial charge in [0.15, 0.2) is 0 Å². The predicted molar refractivity (Wildman–Crippen MR) is 62.9 cm³/mol. The first-order valence-electron chi connectivity index (χ1n) is 4.59. The van der Waals surface area contributed by atoms with Crippen molar-refractivity contribution >= 4 is 28.8 Å². The zero-order chi connectivity index (χ0) is 11.3. The molecule has 0 radical (unpaired) electrons. The molecule has 1 unspecified atom stereocenters. The summed E-state index contributed by atoms with van der Waals surface area (Å²) in [5, 5.41) is 6.37. The van der Waals surface area contributed by atoms with Crippen molar-refractivity contribution in [1.82, 2.24) is 5.32 Å². The fraction of sp³-hybridized carbons (Fsp3) is 0.500. The van der Waals surface area contributed by atoms with Gasteiger partial charge in [-0.2, -0.15) is 11.3 Å². The second-order valence-electron chi connectivity index (χ2n) is 3.23. The summed E-state index contributed by atoms with van der Waals surface area (Å²) in [6.07, 6.45) is 0. The number of ether oxygens (including phenoxy) is 1. The zero-order valence-corrected chi connectivity index (χ0v) is 10.3. The van der Waals surface area contributed by atoms with Crippen molar-refractivity contribution < 1.29 is 9.53 Å². The van der Waals surface area contributed by atoms with Gasteiger partial charge in [-0.1, -0.05) is 0 Å². The summed E-state index contributed by atoms with van der Waals surface area (Å²) >= 11 is 7.41. The zero-order valence-electron chi connectivity index (χ0n) is 8.75. The number of thiophene rings is 1. The van der Waals surface area contributed by atoms with Crippen LogP contribution in [0.15, 0.2) is 10.8 Å². The van der Waals surface area contributed by atoms with Crippen LogP contribution in [0, 0.1) is 6.92 Å². The minimum Gasteiger partial charge on any atom is -0.383 e. The van der Waals surface area contributed by atoms with E-state index < -0.39 is 0 Å². The van der Waals surface area contributed by atoms with Crippen LogP contribution in [0.5, 0.6) is 0 Å². The number of hydrogen-bond acceptors (Lipinski definition) is 3. The van der Waals surface area contributed by atoms with Gasteiger partial charge in [0.25, 0.3) is 5.91 Å². The van der Waals surface area contributed by atoms with Crippen LogP contribution in [0.25, 0.3) is 0 Å². The lowest BCUT2D eigenvalue weighted by Crippen LogP contribution is -2.31. The highest BCUT2D eigenvalue weighted by Gasteiger charge is 2.11. The van der Waals surface area contributed by atoms with Crippen LogP contribution in [-0.2, 0) is 4.74 Å². The largest absolute Gasteiger partial charge is 0.383 e. The number of halogens is 1. The summed E-state index contributed by atoms with van der Waals surface area (Å²) < 4.78 is 4.87. The summed E-state index contributed by atoms with van der Waals surface area (Å²) in [5.74, 6) is -0.0736.